The predicted molar refractivity (Wildman–Crippen MR) is 76.9 cm³/mol. The van der Waals surface area contributed by atoms with E-state index >= 15 is 0 Å². The Bertz CT molecular complexity index is 554. The van der Waals surface area contributed by atoms with Crippen LogP contribution in [-0.4, -0.2) is 4.98 Å². The zero-order valence-corrected chi connectivity index (χ0v) is 11.2. The highest BCUT2D eigenvalue weighted by atomic mass is 35.5. The number of anilines is 2. The van der Waals surface area contributed by atoms with E-state index in [1.807, 2.05) is 43.3 Å². The van der Waals surface area contributed by atoms with E-state index in [4.69, 9.17) is 17.3 Å². The van der Waals surface area contributed by atoms with Crippen molar-refractivity contribution in [2.24, 2.45) is 0 Å². The molecule has 1 unspecified atom stereocenters. The van der Waals surface area contributed by atoms with Crippen LogP contribution in [0.4, 0.5) is 11.5 Å². The lowest BCUT2D eigenvalue weighted by Crippen LogP contribution is -2.09. The largest absolute Gasteiger partial charge is 0.397 e. The maximum absolute atomic E-state index is 6.16. The van der Waals surface area contributed by atoms with Gasteiger partial charge in [0.2, 0.25) is 0 Å². The third kappa shape index (κ3) is 2.74. The first-order chi connectivity index (χ1) is 8.58. The van der Waals surface area contributed by atoms with Crippen molar-refractivity contribution in [1.29, 1.82) is 0 Å². The Labute approximate surface area is 112 Å². The second kappa shape index (κ2) is 5.27. The lowest BCUT2D eigenvalue weighted by molar-refractivity contribution is 0.873. The molecule has 1 aromatic heterocycles. The van der Waals surface area contributed by atoms with Crippen molar-refractivity contribution in [3.8, 4) is 0 Å². The predicted octanol–water partition coefficient (Wildman–Crippen LogP) is 3.80. The topological polar surface area (TPSA) is 50.9 Å². The molecule has 0 saturated heterocycles. The van der Waals surface area contributed by atoms with Gasteiger partial charge in [-0.15, -0.1) is 0 Å². The lowest BCUT2D eigenvalue weighted by Gasteiger charge is -2.16. The van der Waals surface area contributed by atoms with Gasteiger partial charge in [0.25, 0.3) is 0 Å². The third-order valence-electron chi connectivity index (χ3n) is 2.86. The van der Waals surface area contributed by atoms with Crippen LogP contribution < -0.4 is 11.1 Å². The number of halogens is 1. The molecule has 4 heteroatoms. The summed E-state index contributed by atoms with van der Waals surface area (Å²) in [6.07, 6.45) is 0. The molecule has 18 heavy (non-hydrogen) atoms. The van der Waals surface area contributed by atoms with Crippen LogP contribution in [0.3, 0.4) is 0 Å². The van der Waals surface area contributed by atoms with Gasteiger partial charge < -0.3 is 11.1 Å². The van der Waals surface area contributed by atoms with E-state index in [1.165, 1.54) is 0 Å². The molecule has 2 rings (SSSR count). The SMILES string of the molecule is Cc1nc(NC(C)c2ccccc2Cl)ccc1N. The first kappa shape index (κ1) is 12.7. The Hall–Kier alpha value is -1.74. The molecule has 1 aromatic carbocycles. The van der Waals surface area contributed by atoms with Crippen molar-refractivity contribution >= 4 is 23.1 Å². The van der Waals surface area contributed by atoms with Crippen LogP contribution in [0, 0.1) is 6.92 Å². The molecule has 3 nitrogen and oxygen atoms in total. The number of benzene rings is 1. The Morgan fingerprint density at radius 2 is 1.94 bits per heavy atom. The van der Waals surface area contributed by atoms with E-state index in [2.05, 4.69) is 17.2 Å². The van der Waals surface area contributed by atoms with Gasteiger partial charge in [-0.1, -0.05) is 29.8 Å². The van der Waals surface area contributed by atoms with Crippen molar-refractivity contribution in [3.05, 3.63) is 52.7 Å². The van der Waals surface area contributed by atoms with Crippen LogP contribution in [0.25, 0.3) is 0 Å². The zero-order valence-electron chi connectivity index (χ0n) is 10.4. The zero-order chi connectivity index (χ0) is 13.1. The quantitative estimate of drug-likeness (QED) is 0.884. The third-order valence-corrected chi connectivity index (χ3v) is 3.21. The first-order valence-corrected chi connectivity index (χ1v) is 6.20. The molecule has 94 valence electrons. The monoisotopic (exact) mass is 261 g/mol. The second-order valence-electron chi connectivity index (χ2n) is 4.26. The average Bonchev–Trinajstić information content (AvgIpc) is 2.34. The summed E-state index contributed by atoms with van der Waals surface area (Å²) in [5.41, 5.74) is 8.32. The Morgan fingerprint density at radius 3 is 2.61 bits per heavy atom. The minimum atomic E-state index is 0.0919. The minimum absolute atomic E-state index is 0.0919. The fourth-order valence-corrected chi connectivity index (χ4v) is 2.08. The maximum atomic E-state index is 6.16. The molecule has 0 amide bonds. The Balaban J connectivity index is 2.19. The Morgan fingerprint density at radius 1 is 1.22 bits per heavy atom. The van der Waals surface area contributed by atoms with Gasteiger partial charge in [0, 0.05) is 5.02 Å². The number of aryl methyl sites for hydroxylation is 1. The number of hydrogen-bond donors (Lipinski definition) is 2. The van der Waals surface area contributed by atoms with Gasteiger partial charge in [0.15, 0.2) is 0 Å². The molecular formula is C14H16ClN3. The van der Waals surface area contributed by atoms with E-state index in [1.54, 1.807) is 0 Å². The molecule has 1 heterocycles. The summed E-state index contributed by atoms with van der Waals surface area (Å²) in [5, 5.41) is 4.07. The number of aromatic nitrogens is 1. The molecule has 1 atom stereocenters. The number of nitrogens with zero attached hydrogens (tertiary/aromatic N) is 1. The number of nitrogen functional groups attached to an aromatic ring is 1. The number of nitrogens with two attached hydrogens (primary N) is 1. The molecule has 0 aliphatic carbocycles. The van der Waals surface area contributed by atoms with E-state index in [9.17, 15) is 0 Å². The molecule has 0 spiro atoms. The van der Waals surface area contributed by atoms with Crippen LogP contribution >= 0.6 is 11.6 Å². The summed E-state index contributed by atoms with van der Waals surface area (Å²) in [6, 6.07) is 11.6. The first-order valence-electron chi connectivity index (χ1n) is 5.82. The van der Waals surface area contributed by atoms with Crippen LogP contribution in [0.5, 0.6) is 0 Å². The lowest BCUT2D eigenvalue weighted by atomic mass is 10.1. The summed E-state index contributed by atoms with van der Waals surface area (Å²) in [4.78, 5) is 4.39. The molecule has 0 aliphatic heterocycles. The van der Waals surface area contributed by atoms with E-state index < -0.39 is 0 Å². The van der Waals surface area contributed by atoms with Crippen molar-refractivity contribution in [2.45, 2.75) is 19.9 Å². The molecule has 0 bridgehead atoms. The molecule has 3 N–H and O–H groups in total. The maximum Gasteiger partial charge on any atom is 0.126 e. The smallest absolute Gasteiger partial charge is 0.126 e. The van der Waals surface area contributed by atoms with Crippen molar-refractivity contribution in [1.82, 2.24) is 4.98 Å². The number of pyridine rings is 1. The summed E-state index contributed by atoms with van der Waals surface area (Å²) in [6.45, 7) is 3.94. The number of nitrogens with one attached hydrogen (secondary N) is 1. The molecule has 0 saturated carbocycles. The summed E-state index contributed by atoms with van der Waals surface area (Å²) >= 11 is 6.16. The normalized spacial score (nSPS) is 12.2. The van der Waals surface area contributed by atoms with Crippen molar-refractivity contribution in [3.63, 3.8) is 0 Å². The van der Waals surface area contributed by atoms with Gasteiger partial charge in [-0.3, -0.25) is 0 Å². The molecule has 2 aromatic rings. The standard InChI is InChI=1S/C14H16ClN3/c1-9(11-5-3-4-6-12(11)15)17-14-8-7-13(16)10(2)18-14/h3-9H,16H2,1-2H3,(H,17,18). The van der Waals surface area contributed by atoms with E-state index in [-0.39, 0.29) is 6.04 Å². The fraction of sp³-hybridized carbons (Fsp3) is 0.214. The highest BCUT2D eigenvalue weighted by molar-refractivity contribution is 6.31. The average molecular weight is 262 g/mol. The van der Waals surface area contributed by atoms with Crippen LogP contribution in [0.2, 0.25) is 5.02 Å². The van der Waals surface area contributed by atoms with Gasteiger partial charge >= 0.3 is 0 Å². The van der Waals surface area contributed by atoms with Gasteiger partial charge in [0.1, 0.15) is 5.82 Å². The van der Waals surface area contributed by atoms with Crippen molar-refractivity contribution < 1.29 is 0 Å². The van der Waals surface area contributed by atoms with E-state index in [0.717, 1.165) is 22.1 Å². The Kier molecular flexibility index (Phi) is 3.72. The highest BCUT2D eigenvalue weighted by Crippen LogP contribution is 2.25. The van der Waals surface area contributed by atoms with E-state index in [0.29, 0.717) is 5.69 Å². The van der Waals surface area contributed by atoms with Gasteiger partial charge in [-0.2, -0.15) is 0 Å². The van der Waals surface area contributed by atoms with Crippen LogP contribution in [0.15, 0.2) is 36.4 Å². The summed E-state index contributed by atoms with van der Waals surface area (Å²) < 4.78 is 0. The van der Waals surface area contributed by atoms with Gasteiger partial charge in [-0.05, 0) is 37.6 Å². The number of hydrogen-bond acceptors (Lipinski definition) is 3. The van der Waals surface area contributed by atoms with Gasteiger partial charge in [-0.25, -0.2) is 4.98 Å². The fourth-order valence-electron chi connectivity index (χ4n) is 1.78. The second-order valence-corrected chi connectivity index (χ2v) is 4.67. The summed E-state index contributed by atoms with van der Waals surface area (Å²) in [7, 11) is 0. The van der Waals surface area contributed by atoms with Gasteiger partial charge in [0.05, 0.1) is 17.4 Å². The molecule has 0 fully saturated rings. The van der Waals surface area contributed by atoms with Crippen LogP contribution in [-0.2, 0) is 0 Å². The molecular weight excluding hydrogens is 246 g/mol. The number of rotatable bonds is 3. The van der Waals surface area contributed by atoms with Crippen LogP contribution in [0.1, 0.15) is 24.2 Å². The minimum Gasteiger partial charge on any atom is -0.397 e. The molecule has 0 radical (unpaired) electrons. The molecule has 0 aliphatic rings. The van der Waals surface area contributed by atoms with Crippen molar-refractivity contribution in [2.75, 3.05) is 11.1 Å². The highest BCUT2D eigenvalue weighted by Gasteiger charge is 2.09. The summed E-state index contributed by atoms with van der Waals surface area (Å²) in [5.74, 6) is 0.800.